The Balaban J connectivity index is 1.72. The molecule has 2 amide bonds. The van der Waals surface area contributed by atoms with Gasteiger partial charge in [0.2, 0.25) is 5.91 Å². The summed E-state index contributed by atoms with van der Waals surface area (Å²) in [5, 5.41) is 3.01. The van der Waals surface area contributed by atoms with Crippen molar-refractivity contribution in [2.75, 3.05) is 32.7 Å². The number of piperidine rings is 1. The van der Waals surface area contributed by atoms with E-state index in [4.69, 9.17) is 4.42 Å². The van der Waals surface area contributed by atoms with Crippen LogP contribution in [0.25, 0.3) is 0 Å². The third kappa shape index (κ3) is 6.66. The molecule has 0 unspecified atom stereocenters. The topological polar surface area (TPSA) is 65.8 Å². The summed E-state index contributed by atoms with van der Waals surface area (Å²) in [4.78, 5) is 29.3. The van der Waals surface area contributed by atoms with E-state index in [1.807, 2.05) is 13.8 Å². The number of aryl methyl sites for hydroxylation is 2. The van der Waals surface area contributed by atoms with Gasteiger partial charge in [0.05, 0.1) is 5.56 Å². The molecule has 1 N–H and O–H groups in total. The van der Waals surface area contributed by atoms with Crippen LogP contribution in [0.5, 0.6) is 0 Å². The molecule has 158 valence electrons. The highest BCUT2D eigenvalue weighted by Crippen LogP contribution is 2.17. The van der Waals surface area contributed by atoms with Crippen molar-refractivity contribution in [3.63, 3.8) is 0 Å². The van der Waals surface area contributed by atoms with Crippen LogP contribution in [0.4, 0.5) is 0 Å². The summed E-state index contributed by atoms with van der Waals surface area (Å²) < 4.78 is 5.48. The minimum absolute atomic E-state index is 0.0145. The molecular weight excluding hydrogens is 354 g/mol. The normalized spacial score (nSPS) is 17.5. The van der Waals surface area contributed by atoms with Gasteiger partial charge < -0.3 is 19.5 Å². The van der Waals surface area contributed by atoms with Gasteiger partial charge in [-0.25, -0.2) is 0 Å². The molecule has 1 aliphatic heterocycles. The van der Waals surface area contributed by atoms with Crippen molar-refractivity contribution in [2.45, 2.75) is 72.3 Å². The van der Waals surface area contributed by atoms with Crippen LogP contribution in [-0.4, -0.2) is 60.4 Å². The Morgan fingerprint density at radius 1 is 1.29 bits per heavy atom. The Kier molecular flexibility index (Phi) is 9.03. The summed E-state index contributed by atoms with van der Waals surface area (Å²) in [5.74, 6) is 1.34. The zero-order chi connectivity index (χ0) is 20.5. The quantitative estimate of drug-likeness (QED) is 0.620. The fourth-order valence-electron chi connectivity index (χ4n) is 3.92. The second-order valence-electron chi connectivity index (χ2n) is 7.95. The molecule has 0 aromatic carbocycles. The number of carbonyl (C=O) groups excluding carboxylic acids is 2. The zero-order valence-electron chi connectivity index (χ0n) is 18.1. The molecule has 0 spiro atoms. The van der Waals surface area contributed by atoms with E-state index in [0.717, 1.165) is 25.1 Å². The van der Waals surface area contributed by atoms with Crippen LogP contribution in [-0.2, 0) is 4.79 Å². The molecule has 0 aliphatic carbocycles. The third-order valence-electron chi connectivity index (χ3n) is 5.55. The number of amides is 2. The van der Waals surface area contributed by atoms with Crippen molar-refractivity contribution >= 4 is 11.8 Å². The summed E-state index contributed by atoms with van der Waals surface area (Å²) in [6.07, 6.45) is 6.07. The molecule has 6 nitrogen and oxygen atoms in total. The van der Waals surface area contributed by atoms with Crippen LogP contribution in [0.1, 0.15) is 74.3 Å². The van der Waals surface area contributed by atoms with Crippen LogP contribution in [0.2, 0.25) is 0 Å². The summed E-state index contributed by atoms with van der Waals surface area (Å²) in [6.45, 7) is 12.0. The van der Waals surface area contributed by atoms with Crippen LogP contribution in [0.3, 0.4) is 0 Å². The van der Waals surface area contributed by atoms with E-state index in [0.29, 0.717) is 43.4 Å². The van der Waals surface area contributed by atoms with Crippen molar-refractivity contribution in [2.24, 2.45) is 0 Å². The van der Waals surface area contributed by atoms with Crippen molar-refractivity contribution in [1.29, 1.82) is 0 Å². The summed E-state index contributed by atoms with van der Waals surface area (Å²) >= 11 is 0. The maximum absolute atomic E-state index is 12.8. The van der Waals surface area contributed by atoms with Gasteiger partial charge in [0.15, 0.2) is 0 Å². The van der Waals surface area contributed by atoms with E-state index in [9.17, 15) is 9.59 Å². The van der Waals surface area contributed by atoms with Crippen molar-refractivity contribution in [3.05, 3.63) is 23.2 Å². The molecule has 0 bridgehead atoms. The van der Waals surface area contributed by atoms with E-state index < -0.39 is 0 Å². The van der Waals surface area contributed by atoms with Gasteiger partial charge in [0.25, 0.3) is 5.91 Å². The molecule has 0 saturated carbocycles. The predicted molar refractivity (Wildman–Crippen MR) is 112 cm³/mol. The monoisotopic (exact) mass is 391 g/mol. The van der Waals surface area contributed by atoms with Crippen molar-refractivity contribution in [1.82, 2.24) is 15.1 Å². The minimum Gasteiger partial charge on any atom is -0.466 e. The van der Waals surface area contributed by atoms with E-state index >= 15 is 0 Å². The maximum Gasteiger partial charge on any atom is 0.257 e. The molecule has 1 aromatic heterocycles. The number of hydrogen-bond acceptors (Lipinski definition) is 4. The second kappa shape index (κ2) is 11.2. The third-order valence-corrected chi connectivity index (χ3v) is 5.55. The van der Waals surface area contributed by atoms with Crippen LogP contribution in [0, 0.1) is 13.8 Å². The smallest absolute Gasteiger partial charge is 0.257 e. The number of nitrogens with zero attached hydrogens (tertiary/aromatic N) is 2. The van der Waals surface area contributed by atoms with E-state index in [2.05, 4.69) is 17.1 Å². The Morgan fingerprint density at radius 2 is 2.07 bits per heavy atom. The van der Waals surface area contributed by atoms with Gasteiger partial charge in [-0.05, 0) is 59.1 Å². The van der Waals surface area contributed by atoms with Gasteiger partial charge >= 0.3 is 0 Å². The lowest BCUT2D eigenvalue weighted by molar-refractivity contribution is -0.121. The number of carbonyl (C=O) groups is 2. The Bertz CT molecular complexity index is 641. The van der Waals surface area contributed by atoms with Crippen molar-refractivity contribution < 1.29 is 14.0 Å². The lowest BCUT2D eigenvalue weighted by Crippen LogP contribution is -2.39. The molecular formula is C22H37N3O3. The number of rotatable bonds is 10. The number of nitrogens with one attached hydrogen (secondary N) is 1. The molecule has 1 atom stereocenters. The van der Waals surface area contributed by atoms with Gasteiger partial charge in [-0.2, -0.15) is 0 Å². The SMILES string of the molecule is CCCN(CCC(=O)NCCCN1CCCC[C@H]1C)C(=O)c1cc(C)oc1C. The van der Waals surface area contributed by atoms with Crippen molar-refractivity contribution in [3.8, 4) is 0 Å². The van der Waals surface area contributed by atoms with Gasteiger partial charge in [-0.3, -0.25) is 9.59 Å². The average molecular weight is 392 g/mol. The van der Waals surface area contributed by atoms with Crippen LogP contribution < -0.4 is 5.32 Å². The highest BCUT2D eigenvalue weighted by atomic mass is 16.3. The average Bonchev–Trinajstić information content (AvgIpc) is 3.01. The molecule has 1 aromatic rings. The number of furan rings is 1. The first-order valence-corrected chi connectivity index (χ1v) is 10.8. The standard InChI is InChI=1S/C22H37N3O3/c1-5-12-25(22(27)20-16-18(3)28-19(20)4)15-10-21(26)23-11-8-14-24-13-7-6-9-17(24)2/h16-17H,5-15H2,1-4H3,(H,23,26)/t17-/m1/s1. The highest BCUT2D eigenvalue weighted by Gasteiger charge is 2.21. The molecule has 1 saturated heterocycles. The van der Waals surface area contributed by atoms with E-state index in [1.54, 1.807) is 17.9 Å². The first-order chi connectivity index (χ1) is 13.4. The molecule has 1 fully saturated rings. The molecule has 2 rings (SSSR count). The maximum atomic E-state index is 12.8. The lowest BCUT2D eigenvalue weighted by Gasteiger charge is -2.33. The van der Waals surface area contributed by atoms with Gasteiger partial charge in [0, 0.05) is 38.6 Å². The summed E-state index contributed by atoms with van der Waals surface area (Å²) in [5.41, 5.74) is 0.599. The Morgan fingerprint density at radius 3 is 2.71 bits per heavy atom. The zero-order valence-corrected chi connectivity index (χ0v) is 18.1. The predicted octanol–water partition coefficient (Wildman–Crippen LogP) is 3.52. The fourth-order valence-corrected chi connectivity index (χ4v) is 3.92. The molecule has 6 heteroatoms. The van der Waals surface area contributed by atoms with Gasteiger partial charge in [-0.1, -0.05) is 13.3 Å². The first-order valence-electron chi connectivity index (χ1n) is 10.8. The molecule has 1 aliphatic rings. The summed E-state index contributed by atoms with van der Waals surface area (Å²) in [7, 11) is 0. The van der Waals surface area contributed by atoms with Gasteiger partial charge in [-0.15, -0.1) is 0 Å². The minimum atomic E-state index is -0.0527. The summed E-state index contributed by atoms with van der Waals surface area (Å²) in [6, 6.07) is 2.44. The van der Waals surface area contributed by atoms with Gasteiger partial charge in [0.1, 0.15) is 11.5 Å². The van der Waals surface area contributed by atoms with Crippen LogP contribution in [0.15, 0.2) is 10.5 Å². The lowest BCUT2D eigenvalue weighted by atomic mass is 10.0. The van der Waals surface area contributed by atoms with E-state index in [1.165, 1.54) is 25.8 Å². The molecule has 0 radical (unpaired) electrons. The van der Waals surface area contributed by atoms with E-state index in [-0.39, 0.29) is 11.8 Å². The Labute approximate surface area is 169 Å². The largest absolute Gasteiger partial charge is 0.466 e. The number of likely N-dealkylation sites (tertiary alicyclic amines) is 1. The fraction of sp³-hybridized carbons (Fsp3) is 0.727. The molecule has 2 heterocycles. The Hall–Kier alpha value is -1.82. The van der Waals surface area contributed by atoms with Crippen LogP contribution >= 0.6 is 0 Å². The highest BCUT2D eigenvalue weighted by molar-refractivity contribution is 5.95. The first kappa shape index (κ1) is 22.5. The molecule has 28 heavy (non-hydrogen) atoms. The second-order valence-corrected chi connectivity index (χ2v) is 7.95. The number of hydrogen-bond donors (Lipinski definition) is 1.